The van der Waals surface area contributed by atoms with Crippen LogP contribution in [0.3, 0.4) is 0 Å². The van der Waals surface area contributed by atoms with E-state index in [4.69, 9.17) is 16.4 Å². The van der Waals surface area contributed by atoms with Crippen molar-refractivity contribution in [3.8, 4) is 5.75 Å². The van der Waals surface area contributed by atoms with E-state index in [0.717, 1.165) is 56.2 Å². The molecule has 2 heterocycles. The fourth-order valence-electron chi connectivity index (χ4n) is 3.03. The summed E-state index contributed by atoms with van der Waals surface area (Å²) >= 11 is 5.96. The molecule has 2 aromatic rings. The quantitative estimate of drug-likeness (QED) is 0.622. The summed E-state index contributed by atoms with van der Waals surface area (Å²) in [5, 5.41) is 14.2. The number of anilines is 1. The molecule has 7 heteroatoms. The summed E-state index contributed by atoms with van der Waals surface area (Å²) in [6.45, 7) is 4.67. The van der Waals surface area contributed by atoms with Crippen molar-refractivity contribution in [1.29, 1.82) is 0 Å². The van der Waals surface area contributed by atoms with Gasteiger partial charge in [-0.15, -0.1) is 0 Å². The highest BCUT2D eigenvalue weighted by Gasteiger charge is 2.18. The van der Waals surface area contributed by atoms with Crippen LogP contribution in [-0.2, 0) is 4.84 Å². The molecular formula is C19H23ClN4O2. The zero-order valence-electron chi connectivity index (χ0n) is 14.8. The molecule has 0 spiro atoms. The summed E-state index contributed by atoms with van der Waals surface area (Å²) in [6.07, 6.45) is 2.30. The Kier molecular flexibility index (Phi) is 6.30. The van der Waals surface area contributed by atoms with Gasteiger partial charge in [0.05, 0.1) is 11.9 Å². The molecule has 1 aliphatic heterocycles. The third-order valence-electron chi connectivity index (χ3n) is 4.47. The number of piperazine rings is 1. The minimum Gasteiger partial charge on any atom is -0.506 e. The Morgan fingerprint density at radius 1 is 1.15 bits per heavy atom. The van der Waals surface area contributed by atoms with Crippen molar-refractivity contribution in [3.05, 3.63) is 53.2 Å². The van der Waals surface area contributed by atoms with Gasteiger partial charge < -0.3 is 14.8 Å². The van der Waals surface area contributed by atoms with Gasteiger partial charge in [-0.1, -0.05) is 28.9 Å². The molecule has 0 aliphatic carbocycles. The van der Waals surface area contributed by atoms with Crippen molar-refractivity contribution < 1.29 is 9.94 Å². The molecule has 1 N–H and O–H groups in total. The molecule has 26 heavy (non-hydrogen) atoms. The Balaban J connectivity index is 1.52. The van der Waals surface area contributed by atoms with Crippen molar-refractivity contribution in [2.75, 3.05) is 44.7 Å². The van der Waals surface area contributed by atoms with Crippen molar-refractivity contribution in [2.45, 2.75) is 6.42 Å². The third-order valence-corrected chi connectivity index (χ3v) is 4.72. The highest BCUT2D eigenvalue weighted by atomic mass is 35.5. The predicted molar refractivity (Wildman–Crippen MR) is 104 cm³/mol. The van der Waals surface area contributed by atoms with Crippen LogP contribution in [-0.4, -0.2) is 60.5 Å². The van der Waals surface area contributed by atoms with Gasteiger partial charge in [-0.3, -0.25) is 4.90 Å². The Bertz CT molecular complexity index is 726. The first kappa shape index (κ1) is 18.5. The lowest BCUT2D eigenvalue weighted by Gasteiger charge is -2.35. The zero-order chi connectivity index (χ0) is 18.4. The predicted octanol–water partition coefficient (Wildman–Crippen LogP) is 3.00. The minimum absolute atomic E-state index is 0.194. The SMILES string of the molecule is CON=C(CCN1CCN(c2ccc(O)cn2)CC1)c1ccc(Cl)cc1. The van der Waals surface area contributed by atoms with Crippen LogP contribution in [0.25, 0.3) is 0 Å². The lowest BCUT2D eigenvalue weighted by Crippen LogP contribution is -2.47. The van der Waals surface area contributed by atoms with Crippen molar-refractivity contribution in [3.63, 3.8) is 0 Å². The van der Waals surface area contributed by atoms with Gasteiger partial charge in [0.1, 0.15) is 18.7 Å². The van der Waals surface area contributed by atoms with Gasteiger partial charge in [0.15, 0.2) is 0 Å². The largest absolute Gasteiger partial charge is 0.506 e. The summed E-state index contributed by atoms with van der Waals surface area (Å²) in [6, 6.07) is 11.2. The van der Waals surface area contributed by atoms with E-state index < -0.39 is 0 Å². The second-order valence-corrected chi connectivity index (χ2v) is 6.62. The number of halogens is 1. The van der Waals surface area contributed by atoms with Gasteiger partial charge in [0.25, 0.3) is 0 Å². The number of hydrogen-bond donors (Lipinski definition) is 1. The van der Waals surface area contributed by atoms with Crippen molar-refractivity contribution in [2.24, 2.45) is 5.16 Å². The first-order valence-corrected chi connectivity index (χ1v) is 9.02. The van der Waals surface area contributed by atoms with Crippen LogP contribution in [0.1, 0.15) is 12.0 Å². The summed E-state index contributed by atoms with van der Waals surface area (Å²) < 4.78 is 0. The molecule has 0 atom stereocenters. The van der Waals surface area contributed by atoms with E-state index in [1.807, 2.05) is 30.3 Å². The summed E-state index contributed by atoms with van der Waals surface area (Å²) in [7, 11) is 1.57. The zero-order valence-corrected chi connectivity index (χ0v) is 15.6. The molecule has 1 saturated heterocycles. The molecule has 0 saturated carbocycles. The van der Waals surface area contributed by atoms with Gasteiger partial charge in [-0.05, 0) is 29.8 Å². The number of rotatable bonds is 6. The highest BCUT2D eigenvalue weighted by Crippen LogP contribution is 2.17. The van der Waals surface area contributed by atoms with Crippen LogP contribution in [0.15, 0.2) is 47.8 Å². The average Bonchev–Trinajstić information content (AvgIpc) is 2.67. The Labute approximate surface area is 158 Å². The van der Waals surface area contributed by atoms with Crippen LogP contribution >= 0.6 is 11.6 Å². The number of nitrogens with zero attached hydrogens (tertiary/aromatic N) is 4. The van der Waals surface area contributed by atoms with E-state index in [1.165, 1.54) is 6.20 Å². The molecule has 1 aromatic heterocycles. The van der Waals surface area contributed by atoms with Crippen molar-refractivity contribution in [1.82, 2.24) is 9.88 Å². The highest BCUT2D eigenvalue weighted by molar-refractivity contribution is 6.30. The topological polar surface area (TPSA) is 61.2 Å². The molecule has 0 radical (unpaired) electrons. The first-order chi connectivity index (χ1) is 12.7. The van der Waals surface area contributed by atoms with Gasteiger partial charge in [0.2, 0.25) is 0 Å². The standard InChI is InChI=1S/C19H23ClN4O2/c1-26-22-18(15-2-4-16(20)5-3-15)8-9-23-10-12-24(13-11-23)19-7-6-17(25)14-21-19/h2-7,14,25H,8-13H2,1H3. The molecule has 6 nitrogen and oxygen atoms in total. The Morgan fingerprint density at radius 3 is 2.50 bits per heavy atom. The Hall–Kier alpha value is -2.31. The molecule has 1 aliphatic rings. The molecular weight excluding hydrogens is 352 g/mol. The Morgan fingerprint density at radius 2 is 1.88 bits per heavy atom. The lowest BCUT2D eigenvalue weighted by molar-refractivity contribution is 0.211. The number of oxime groups is 1. The van der Waals surface area contributed by atoms with Gasteiger partial charge >= 0.3 is 0 Å². The number of benzene rings is 1. The third kappa shape index (κ3) is 4.86. The number of aromatic hydroxyl groups is 1. The van der Waals surface area contributed by atoms with Gasteiger partial charge in [0, 0.05) is 44.2 Å². The fourth-order valence-corrected chi connectivity index (χ4v) is 3.15. The molecule has 3 rings (SSSR count). The van der Waals surface area contributed by atoms with Crippen LogP contribution in [0, 0.1) is 0 Å². The average molecular weight is 375 g/mol. The smallest absolute Gasteiger partial charge is 0.134 e. The fraction of sp³-hybridized carbons (Fsp3) is 0.368. The minimum atomic E-state index is 0.194. The van der Waals surface area contributed by atoms with E-state index in [2.05, 4.69) is 19.9 Å². The number of hydrogen-bond acceptors (Lipinski definition) is 6. The normalized spacial score (nSPS) is 15.9. The van der Waals surface area contributed by atoms with Gasteiger partial charge in [-0.25, -0.2) is 4.98 Å². The summed E-state index contributed by atoms with van der Waals surface area (Å²) in [5.74, 6) is 1.10. The van der Waals surface area contributed by atoms with Crippen LogP contribution in [0.4, 0.5) is 5.82 Å². The van der Waals surface area contributed by atoms with Gasteiger partial charge in [-0.2, -0.15) is 0 Å². The van der Waals surface area contributed by atoms with E-state index in [-0.39, 0.29) is 5.75 Å². The molecule has 138 valence electrons. The molecule has 1 aromatic carbocycles. The maximum atomic E-state index is 9.35. The monoisotopic (exact) mass is 374 g/mol. The van der Waals surface area contributed by atoms with E-state index >= 15 is 0 Å². The second kappa shape index (κ2) is 8.87. The lowest BCUT2D eigenvalue weighted by atomic mass is 10.1. The van der Waals surface area contributed by atoms with Crippen LogP contribution < -0.4 is 4.90 Å². The number of pyridine rings is 1. The van der Waals surface area contributed by atoms with E-state index in [0.29, 0.717) is 5.02 Å². The first-order valence-electron chi connectivity index (χ1n) is 8.64. The molecule has 0 amide bonds. The molecule has 0 bridgehead atoms. The van der Waals surface area contributed by atoms with E-state index in [9.17, 15) is 5.11 Å². The number of aromatic nitrogens is 1. The molecule has 1 fully saturated rings. The maximum Gasteiger partial charge on any atom is 0.134 e. The van der Waals surface area contributed by atoms with Crippen LogP contribution in [0.5, 0.6) is 5.75 Å². The van der Waals surface area contributed by atoms with E-state index in [1.54, 1.807) is 13.2 Å². The summed E-state index contributed by atoms with van der Waals surface area (Å²) in [4.78, 5) is 13.9. The second-order valence-electron chi connectivity index (χ2n) is 6.18. The van der Waals surface area contributed by atoms with Crippen molar-refractivity contribution >= 4 is 23.1 Å². The maximum absolute atomic E-state index is 9.35. The van der Waals surface area contributed by atoms with Crippen LogP contribution in [0.2, 0.25) is 5.02 Å². The molecule has 0 unspecified atom stereocenters. The summed E-state index contributed by atoms with van der Waals surface area (Å²) in [5.41, 5.74) is 1.95.